The second-order valence-electron chi connectivity index (χ2n) is 6.91. The van der Waals surface area contributed by atoms with Gasteiger partial charge in [-0.3, -0.25) is 9.59 Å². The van der Waals surface area contributed by atoms with Gasteiger partial charge in [-0.2, -0.15) is 0 Å². The van der Waals surface area contributed by atoms with E-state index >= 15 is 0 Å². The molecule has 0 spiro atoms. The molecule has 1 N–H and O–H groups in total. The molecule has 2 atom stereocenters. The van der Waals surface area contributed by atoms with Gasteiger partial charge in [0, 0.05) is 6.04 Å². The average molecular weight is 365 g/mol. The van der Waals surface area contributed by atoms with Gasteiger partial charge in [0.05, 0.1) is 19.4 Å². The molecule has 0 saturated heterocycles. The summed E-state index contributed by atoms with van der Waals surface area (Å²) in [6.45, 7) is 6.92. The zero-order chi connectivity index (χ0) is 19.7. The van der Waals surface area contributed by atoms with Crippen molar-refractivity contribution in [3.63, 3.8) is 0 Å². The average Bonchev–Trinajstić information content (AvgIpc) is 2.56. The highest BCUT2D eigenvalue weighted by molar-refractivity contribution is 5.81. The molecule has 1 rings (SSSR count). The third kappa shape index (κ3) is 8.00. The minimum atomic E-state index is -0.876. The van der Waals surface area contributed by atoms with Gasteiger partial charge in [0.1, 0.15) is 12.2 Å². The summed E-state index contributed by atoms with van der Waals surface area (Å²) in [5.41, 5.74) is 0.178. The molecule has 0 heterocycles. The number of methoxy groups -OCH3 is 1. The van der Waals surface area contributed by atoms with Crippen molar-refractivity contribution in [3.05, 3.63) is 35.9 Å². The number of nitrogens with one attached hydrogen (secondary N) is 1. The third-order valence-electron chi connectivity index (χ3n) is 3.47. The van der Waals surface area contributed by atoms with Gasteiger partial charge < -0.3 is 19.5 Å². The van der Waals surface area contributed by atoms with Crippen LogP contribution in [0.5, 0.6) is 0 Å². The lowest BCUT2D eigenvalue weighted by atomic mass is 9.97. The zero-order valence-electron chi connectivity index (χ0n) is 15.9. The molecule has 7 heteroatoms. The largest absolute Gasteiger partial charge is 0.469 e. The van der Waals surface area contributed by atoms with Crippen molar-refractivity contribution in [3.8, 4) is 0 Å². The van der Waals surface area contributed by atoms with Gasteiger partial charge in [0.25, 0.3) is 0 Å². The quantitative estimate of drug-likeness (QED) is 0.590. The molecular weight excluding hydrogens is 338 g/mol. The number of alkyl carbamates (subject to hydrolysis) is 1. The lowest BCUT2D eigenvalue weighted by Gasteiger charge is -2.24. The molecule has 0 saturated carbocycles. The number of ether oxygens (including phenoxy) is 3. The molecule has 26 heavy (non-hydrogen) atoms. The van der Waals surface area contributed by atoms with E-state index in [0.717, 1.165) is 5.56 Å². The summed E-state index contributed by atoms with van der Waals surface area (Å²) in [4.78, 5) is 36.0. The summed E-state index contributed by atoms with van der Waals surface area (Å²) in [5.74, 6) is -2.02. The predicted octanol–water partition coefficient (Wildman–Crippen LogP) is 2.82. The van der Waals surface area contributed by atoms with Crippen LogP contribution in [0.25, 0.3) is 0 Å². The second-order valence-corrected chi connectivity index (χ2v) is 6.91. The molecular formula is C19H27NO6. The minimum absolute atomic E-state index is 0.106. The van der Waals surface area contributed by atoms with Crippen LogP contribution in [0.3, 0.4) is 0 Å². The third-order valence-corrected chi connectivity index (χ3v) is 3.47. The maximum atomic E-state index is 12.0. The molecule has 0 bridgehead atoms. The van der Waals surface area contributed by atoms with Crippen LogP contribution in [0.15, 0.2) is 30.3 Å². The first-order valence-corrected chi connectivity index (χ1v) is 8.39. The van der Waals surface area contributed by atoms with Crippen molar-refractivity contribution in [2.45, 2.75) is 52.4 Å². The predicted molar refractivity (Wildman–Crippen MR) is 95.2 cm³/mol. The van der Waals surface area contributed by atoms with Crippen molar-refractivity contribution >= 4 is 18.0 Å². The molecule has 144 valence electrons. The summed E-state index contributed by atoms with van der Waals surface area (Å²) < 4.78 is 15.1. The van der Waals surface area contributed by atoms with Crippen LogP contribution < -0.4 is 5.32 Å². The summed E-state index contributed by atoms with van der Waals surface area (Å²) in [7, 11) is 1.23. The number of hydrogen-bond acceptors (Lipinski definition) is 6. The van der Waals surface area contributed by atoms with Crippen molar-refractivity contribution in [1.82, 2.24) is 5.32 Å². The Kier molecular flexibility index (Phi) is 8.09. The Morgan fingerprint density at radius 2 is 1.73 bits per heavy atom. The molecule has 1 aromatic rings. The summed E-state index contributed by atoms with van der Waals surface area (Å²) in [6.07, 6.45) is -0.885. The number of hydrogen-bond donors (Lipinski definition) is 1. The van der Waals surface area contributed by atoms with Crippen LogP contribution in [0.2, 0.25) is 0 Å². The monoisotopic (exact) mass is 365 g/mol. The summed E-state index contributed by atoms with van der Waals surface area (Å²) in [5, 5.41) is 2.56. The van der Waals surface area contributed by atoms with E-state index in [-0.39, 0.29) is 13.0 Å². The molecule has 0 aliphatic carbocycles. The van der Waals surface area contributed by atoms with E-state index < -0.39 is 35.6 Å². The van der Waals surface area contributed by atoms with Crippen LogP contribution in [0, 0.1) is 5.92 Å². The van der Waals surface area contributed by atoms with E-state index in [4.69, 9.17) is 14.2 Å². The molecule has 0 fully saturated rings. The van der Waals surface area contributed by atoms with Gasteiger partial charge in [0.15, 0.2) is 0 Å². The van der Waals surface area contributed by atoms with E-state index in [0.29, 0.717) is 0 Å². The summed E-state index contributed by atoms with van der Waals surface area (Å²) >= 11 is 0. The van der Waals surface area contributed by atoms with Crippen LogP contribution >= 0.6 is 0 Å². The maximum Gasteiger partial charge on any atom is 0.407 e. The smallest absolute Gasteiger partial charge is 0.407 e. The topological polar surface area (TPSA) is 90.9 Å². The fourth-order valence-corrected chi connectivity index (χ4v) is 2.23. The first-order chi connectivity index (χ1) is 12.1. The van der Waals surface area contributed by atoms with Gasteiger partial charge in [-0.05, 0) is 33.3 Å². The highest BCUT2D eigenvalue weighted by atomic mass is 16.6. The number of benzene rings is 1. The van der Waals surface area contributed by atoms with Gasteiger partial charge >= 0.3 is 18.0 Å². The Hall–Kier alpha value is -2.57. The molecule has 0 unspecified atom stereocenters. The van der Waals surface area contributed by atoms with Crippen molar-refractivity contribution in [1.29, 1.82) is 0 Å². The van der Waals surface area contributed by atoms with Crippen molar-refractivity contribution in [2.24, 2.45) is 5.92 Å². The molecule has 0 radical (unpaired) electrons. The number of esters is 2. The number of carbonyl (C=O) groups excluding carboxylic acids is 3. The molecule has 1 amide bonds. The number of carbonyl (C=O) groups is 3. The SMILES string of the molecule is COC(=O)[C@H](CC(=O)OC(C)(C)C)[C@@H](C)NC(=O)OCc1ccccc1. The molecule has 1 aromatic carbocycles. The van der Waals surface area contributed by atoms with E-state index in [1.54, 1.807) is 27.7 Å². The van der Waals surface area contributed by atoms with Crippen LogP contribution in [-0.2, 0) is 30.4 Å². The number of rotatable bonds is 7. The molecule has 0 aliphatic heterocycles. The Labute approximate surface area is 154 Å². The standard InChI is InChI=1S/C19H27NO6/c1-13(20-18(23)25-12-14-9-7-6-8-10-14)15(17(22)24-5)11-16(21)26-19(2,3)4/h6-10,13,15H,11-12H2,1-5H3,(H,20,23)/t13-,15-/m1/s1. The first-order valence-electron chi connectivity index (χ1n) is 8.39. The normalized spacial score (nSPS) is 13.3. The zero-order valence-corrected chi connectivity index (χ0v) is 15.9. The van der Waals surface area contributed by atoms with Gasteiger partial charge in [0.2, 0.25) is 0 Å². The maximum absolute atomic E-state index is 12.0. The van der Waals surface area contributed by atoms with Gasteiger partial charge in [-0.15, -0.1) is 0 Å². The Balaban J connectivity index is 2.61. The molecule has 0 aliphatic rings. The second kappa shape index (κ2) is 9.79. The minimum Gasteiger partial charge on any atom is -0.469 e. The van der Waals surface area contributed by atoms with E-state index in [9.17, 15) is 14.4 Å². The molecule has 7 nitrogen and oxygen atoms in total. The van der Waals surface area contributed by atoms with Crippen LogP contribution in [-0.4, -0.2) is 36.8 Å². The summed E-state index contributed by atoms with van der Waals surface area (Å²) in [6, 6.07) is 8.54. The van der Waals surface area contributed by atoms with Crippen LogP contribution in [0.4, 0.5) is 4.79 Å². The van der Waals surface area contributed by atoms with Crippen molar-refractivity contribution < 1.29 is 28.6 Å². The van der Waals surface area contributed by atoms with Gasteiger partial charge in [-0.1, -0.05) is 30.3 Å². The lowest BCUT2D eigenvalue weighted by Crippen LogP contribution is -2.43. The van der Waals surface area contributed by atoms with Crippen LogP contribution in [0.1, 0.15) is 39.7 Å². The van der Waals surface area contributed by atoms with Crippen molar-refractivity contribution in [2.75, 3.05) is 7.11 Å². The lowest BCUT2D eigenvalue weighted by molar-refractivity contribution is -0.161. The Bertz CT molecular complexity index is 608. The van der Waals surface area contributed by atoms with E-state index in [1.807, 2.05) is 30.3 Å². The van der Waals surface area contributed by atoms with E-state index in [1.165, 1.54) is 7.11 Å². The number of amides is 1. The first kappa shape index (κ1) is 21.5. The highest BCUT2D eigenvalue weighted by Crippen LogP contribution is 2.16. The molecule has 0 aromatic heterocycles. The fourth-order valence-electron chi connectivity index (χ4n) is 2.23. The Morgan fingerprint density at radius 1 is 1.12 bits per heavy atom. The Morgan fingerprint density at radius 3 is 2.27 bits per heavy atom. The van der Waals surface area contributed by atoms with E-state index in [2.05, 4.69) is 5.32 Å². The van der Waals surface area contributed by atoms with Gasteiger partial charge in [-0.25, -0.2) is 4.79 Å². The highest BCUT2D eigenvalue weighted by Gasteiger charge is 2.32. The fraction of sp³-hybridized carbons (Fsp3) is 0.526.